The summed E-state index contributed by atoms with van der Waals surface area (Å²) >= 11 is 0. The maximum Gasteiger partial charge on any atom is 0.127 e. The summed E-state index contributed by atoms with van der Waals surface area (Å²) in [6, 6.07) is 4.31. The van der Waals surface area contributed by atoms with Gasteiger partial charge in [-0.15, -0.1) is 0 Å². The fraction of sp³-hybridized carbons (Fsp3) is 0.647. The number of hydrogen-bond donors (Lipinski definition) is 1. The van der Waals surface area contributed by atoms with Crippen LogP contribution in [0.25, 0.3) is 0 Å². The van der Waals surface area contributed by atoms with Crippen LogP contribution in [0.1, 0.15) is 55.7 Å². The summed E-state index contributed by atoms with van der Waals surface area (Å²) in [6.07, 6.45) is 3.57. The smallest absolute Gasteiger partial charge is 0.127 e. The van der Waals surface area contributed by atoms with Crippen molar-refractivity contribution in [2.24, 2.45) is 5.92 Å². The van der Waals surface area contributed by atoms with E-state index in [0.717, 1.165) is 29.7 Å². The molecule has 0 spiro atoms. The molecule has 2 unspecified atom stereocenters. The lowest BCUT2D eigenvalue weighted by Crippen LogP contribution is -2.30. The van der Waals surface area contributed by atoms with Gasteiger partial charge in [-0.05, 0) is 67.8 Å². The lowest BCUT2D eigenvalue weighted by atomic mass is 9.85. The maximum absolute atomic E-state index is 14.3. The van der Waals surface area contributed by atoms with Crippen molar-refractivity contribution < 1.29 is 4.39 Å². The molecule has 0 bridgehead atoms. The highest BCUT2D eigenvalue weighted by Gasteiger charge is 2.31. The fourth-order valence-corrected chi connectivity index (χ4v) is 3.44. The predicted molar refractivity (Wildman–Crippen MR) is 79.1 cm³/mol. The summed E-state index contributed by atoms with van der Waals surface area (Å²) in [4.78, 5) is 0. The quantitative estimate of drug-likeness (QED) is 0.853. The Hall–Kier alpha value is -0.890. The van der Waals surface area contributed by atoms with Crippen molar-refractivity contribution in [2.75, 3.05) is 6.54 Å². The predicted octanol–water partition coefficient (Wildman–Crippen LogP) is 4.32. The Morgan fingerprint density at radius 3 is 2.63 bits per heavy atom. The second-order valence-electron chi connectivity index (χ2n) is 6.34. The molecule has 106 valence electrons. The minimum absolute atomic E-state index is 0.000975. The second kappa shape index (κ2) is 6.04. The van der Waals surface area contributed by atoms with Crippen molar-refractivity contribution >= 4 is 0 Å². The number of rotatable bonds is 4. The van der Waals surface area contributed by atoms with Crippen LogP contribution in [0.3, 0.4) is 0 Å². The Balaban J connectivity index is 2.20. The molecule has 1 fully saturated rings. The molecule has 2 heteroatoms. The van der Waals surface area contributed by atoms with Crippen LogP contribution >= 0.6 is 0 Å². The molecule has 1 saturated carbocycles. The molecular formula is C17H26FN. The zero-order valence-corrected chi connectivity index (χ0v) is 12.6. The van der Waals surface area contributed by atoms with Crippen molar-refractivity contribution in [3.05, 3.63) is 34.6 Å². The van der Waals surface area contributed by atoms with Gasteiger partial charge in [-0.2, -0.15) is 0 Å². The summed E-state index contributed by atoms with van der Waals surface area (Å²) in [7, 11) is 0. The summed E-state index contributed by atoms with van der Waals surface area (Å²) in [5.41, 5.74) is 3.12. The summed E-state index contributed by atoms with van der Waals surface area (Å²) in [6.45, 7) is 9.36. The van der Waals surface area contributed by atoms with Gasteiger partial charge in [-0.3, -0.25) is 0 Å². The summed E-state index contributed by atoms with van der Waals surface area (Å²) in [5, 5.41) is 3.52. The molecular weight excluding hydrogens is 237 g/mol. The first-order valence-corrected chi connectivity index (χ1v) is 7.49. The summed E-state index contributed by atoms with van der Waals surface area (Å²) < 4.78 is 14.3. The van der Waals surface area contributed by atoms with Crippen molar-refractivity contribution in [2.45, 2.75) is 58.9 Å². The van der Waals surface area contributed by atoms with Crippen molar-refractivity contribution in [3.63, 3.8) is 0 Å². The molecule has 2 atom stereocenters. The molecule has 1 aromatic rings. The van der Waals surface area contributed by atoms with E-state index in [9.17, 15) is 4.39 Å². The van der Waals surface area contributed by atoms with Crippen LogP contribution in [0.2, 0.25) is 0 Å². The molecule has 0 heterocycles. The third-order valence-corrected chi connectivity index (χ3v) is 4.30. The number of hydrogen-bond acceptors (Lipinski definition) is 1. The van der Waals surface area contributed by atoms with Crippen LogP contribution in [-0.4, -0.2) is 12.6 Å². The Labute approximate surface area is 116 Å². The number of aryl methyl sites for hydroxylation is 2. The average Bonchev–Trinajstić information content (AvgIpc) is 2.73. The standard InChI is InChI=1S/C17H26FN/c1-11(2)19-10-14-6-5-7-15(14)17-13(4)8-12(3)9-16(17)18/h8-9,11,14-15,19H,5-7,10H2,1-4H3. The zero-order chi connectivity index (χ0) is 14.0. The average molecular weight is 263 g/mol. The molecule has 0 aromatic heterocycles. The van der Waals surface area contributed by atoms with Gasteiger partial charge >= 0.3 is 0 Å². The van der Waals surface area contributed by atoms with Gasteiger partial charge in [0.2, 0.25) is 0 Å². The Kier molecular flexibility index (Phi) is 4.62. The van der Waals surface area contributed by atoms with Crippen molar-refractivity contribution in [3.8, 4) is 0 Å². The number of benzene rings is 1. The molecule has 1 nitrogen and oxygen atoms in total. The van der Waals surface area contributed by atoms with E-state index >= 15 is 0 Å². The highest BCUT2D eigenvalue weighted by atomic mass is 19.1. The van der Waals surface area contributed by atoms with Crippen molar-refractivity contribution in [1.29, 1.82) is 0 Å². The van der Waals surface area contributed by atoms with E-state index in [4.69, 9.17) is 0 Å². The van der Waals surface area contributed by atoms with Crippen LogP contribution in [0.15, 0.2) is 12.1 Å². The lowest BCUT2D eigenvalue weighted by molar-refractivity contribution is 0.413. The Morgan fingerprint density at radius 2 is 2.00 bits per heavy atom. The van der Waals surface area contributed by atoms with Gasteiger partial charge in [0.25, 0.3) is 0 Å². The van der Waals surface area contributed by atoms with Gasteiger partial charge in [-0.1, -0.05) is 26.3 Å². The van der Waals surface area contributed by atoms with Gasteiger partial charge in [0, 0.05) is 6.04 Å². The third-order valence-electron chi connectivity index (χ3n) is 4.30. The van der Waals surface area contributed by atoms with Crippen LogP contribution in [0, 0.1) is 25.6 Å². The van der Waals surface area contributed by atoms with Gasteiger partial charge in [0.1, 0.15) is 5.82 Å². The van der Waals surface area contributed by atoms with Crippen LogP contribution in [0.4, 0.5) is 4.39 Å². The second-order valence-corrected chi connectivity index (χ2v) is 6.34. The van der Waals surface area contributed by atoms with E-state index in [1.165, 1.54) is 12.8 Å². The van der Waals surface area contributed by atoms with Gasteiger partial charge in [-0.25, -0.2) is 4.39 Å². The zero-order valence-electron chi connectivity index (χ0n) is 12.6. The maximum atomic E-state index is 14.3. The minimum Gasteiger partial charge on any atom is -0.314 e. The molecule has 1 aliphatic carbocycles. The van der Waals surface area contributed by atoms with Crippen molar-refractivity contribution in [1.82, 2.24) is 5.32 Å². The Morgan fingerprint density at radius 1 is 1.26 bits per heavy atom. The van der Waals surface area contributed by atoms with Crippen LogP contribution < -0.4 is 5.32 Å². The molecule has 19 heavy (non-hydrogen) atoms. The molecule has 1 N–H and O–H groups in total. The van der Waals surface area contributed by atoms with Gasteiger partial charge < -0.3 is 5.32 Å². The monoisotopic (exact) mass is 263 g/mol. The van der Waals surface area contributed by atoms with E-state index in [1.54, 1.807) is 6.07 Å². The van der Waals surface area contributed by atoms with Crippen LogP contribution in [-0.2, 0) is 0 Å². The highest BCUT2D eigenvalue weighted by Crippen LogP contribution is 2.41. The molecule has 2 rings (SSSR count). The molecule has 0 radical (unpaired) electrons. The van der Waals surface area contributed by atoms with E-state index in [2.05, 4.69) is 32.2 Å². The first-order chi connectivity index (χ1) is 8.99. The molecule has 1 aliphatic rings. The van der Waals surface area contributed by atoms with Crippen LogP contribution in [0.5, 0.6) is 0 Å². The first-order valence-electron chi connectivity index (χ1n) is 7.49. The van der Waals surface area contributed by atoms with E-state index in [0.29, 0.717) is 17.9 Å². The number of halogens is 1. The van der Waals surface area contributed by atoms with E-state index < -0.39 is 0 Å². The summed E-state index contributed by atoms with van der Waals surface area (Å²) in [5.74, 6) is 0.976. The Bertz CT molecular complexity index is 416. The fourth-order valence-electron chi connectivity index (χ4n) is 3.44. The first kappa shape index (κ1) is 14.5. The molecule has 0 aliphatic heterocycles. The van der Waals surface area contributed by atoms with Gasteiger partial charge in [0.15, 0.2) is 0 Å². The SMILES string of the molecule is Cc1cc(C)c(C2CCCC2CNC(C)C)c(F)c1. The normalized spacial score (nSPS) is 23.3. The molecule has 0 saturated heterocycles. The van der Waals surface area contributed by atoms with E-state index in [-0.39, 0.29) is 5.82 Å². The molecule has 0 amide bonds. The highest BCUT2D eigenvalue weighted by molar-refractivity contribution is 5.35. The van der Waals surface area contributed by atoms with E-state index in [1.807, 2.05) is 6.92 Å². The lowest BCUT2D eigenvalue weighted by Gasteiger charge is -2.24. The largest absolute Gasteiger partial charge is 0.314 e. The topological polar surface area (TPSA) is 12.0 Å². The number of nitrogens with one attached hydrogen (secondary N) is 1. The van der Waals surface area contributed by atoms with Gasteiger partial charge in [0.05, 0.1) is 0 Å². The third kappa shape index (κ3) is 3.36. The molecule has 1 aromatic carbocycles. The minimum atomic E-state index is -0.000975.